The van der Waals surface area contributed by atoms with Crippen LogP contribution >= 0.6 is 15.9 Å². The minimum atomic E-state index is -0.316. The lowest BCUT2D eigenvalue weighted by Crippen LogP contribution is -2.40. The molecule has 2 rings (SSSR count). The predicted octanol–water partition coefficient (Wildman–Crippen LogP) is 3.43. The van der Waals surface area contributed by atoms with Gasteiger partial charge in [0.15, 0.2) is 0 Å². The van der Waals surface area contributed by atoms with Crippen molar-refractivity contribution in [3.63, 3.8) is 0 Å². The molecule has 0 aromatic heterocycles. The topological polar surface area (TPSA) is 52.7 Å². The normalized spacial score (nSPS) is 10.7. The zero-order chi connectivity index (χ0) is 20.0. The third-order valence-electron chi connectivity index (χ3n) is 4.00. The van der Waals surface area contributed by atoms with E-state index in [9.17, 15) is 14.0 Å². The molecule has 2 aromatic rings. The Morgan fingerprint density at radius 3 is 2.41 bits per heavy atom. The molecule has 1 N–H and O–H groups in total. The molecule has 144 valence electrons. The summed E-state index contributed by atoms with van der Waals surface area (Å²) < 4.78 is 14.6. The van der Waals surface area contributed by atoms with Crippen LogP contribution in [0, 0.1) is 12.7 Å². The number of carbonyl (C=O) groups is 2. The van der Waals surface area contributed by atoms with Crippen molar-refractivity contribution in [2.24, 2.45) is 0 Å². The van der Waals surface area contributed by atoms with Crippen molar-refractivity contribution in [1.29, 1.82) is 0 Å². The highest BCUT2D eigenvalue weighted by Gasteiger charge is 2.16. The van der Waals surface area contributed by atoms with Crippen LogP contribution < -0.4 is 5.32 Å². The molecule has 0 heterocycles. The first-order chi connectivity index (χ1) is 12.7. The maximum absolute atomic E-state index is 13.8. The van der Waals surface area contributed by atoms with Gasteiger partial charge in [0, 0.05) is 29.3 Å². The van der Waals surface area contributed by atoms with Gasteiger partial charge in [-0.25, -0.2) is 4.39 Å². The first kappa shape index (κ1) is 21.1. The lowest BCUT2D eigenvalue weighted by atomic mass is 10.2. The maximum Gasteiger partial charge on any atom is 0.243 e. The van der Waals surface area contributed by atoms with Gasteiger partial charge >= 0.3 is 0 Å². The Kier molecular flexibility index (Phi) is 7.50. The largest absolute Gasteiger partial charge is 0.335 e. The van der Waals surface area contributed by atoms with E-state index in [1.807, 2.05) is 31.2 Å². The molecule has 2 amide bonds. The molecule has 0 radical (unpaired) electrons. The smallest absolute Gasteiger partial charge is 0.243 e. The van der Waals surface area contributed by atoms with Crippen LogP contribution in [0.2, 0.25) is 0 Å². The molecule has 0 unspecified atom stereocenters. The SMILES string of the molecule is Cc1ccc(NC(=O)CN(C)C(=O)CN(C)Cc2cc(Br)ccc2F)cc1. The highest BCUT2D eigenvalue weighted by molar-refractivity contribution is 9.10. The van der Waals surface area contributed by atoms with Crippen LogP contribution in [-0.2, 0) is 16.1 Å². The average molecular weight is 436 g/mol. The highest BCUT2D eigenvalue weighted by Crippen LogP contribution is 2.17. The van der Waals surface area contributed by atoms with Crippen LogP contribution in [0.1, 0.15) is 11.1 Å². The first-order valence-electron chi connectivity index (χ1n) is 8.47. The fourth-order valence-corrected chi connectivity index (χ4v) is 2.91. The van der Waals surface area contributed by atoms with Gasteiger partial charge in [-0.1, -0.05) is 33.6 Å². The highest BCUT2D eigenvalue weighted by atomic mass is 79.9. The maximum atomic E-state index is 13.8. The molecule has 0 saturated heterocycles. The molecule has 2 aromatic carbocycles. The molecule has 0 aliphatic heterocycles. The van der Waals surface area contributed by atoms with Crippen LogP contribution in [0.5, 0.6) is 0 Å². The van der Waals surface area contributed by atoms with Crippen LogP contribution in [0.4, 0.5) is 10.1 Å². The molecule has 27 heavy (non-hydrogen) atoms. The molecule has 0 fully saturated rings. The van der Waals surface area contributed by atoms with E-state index in [2.05, 4.69) is 21.2 Å². The number of amides is 2. The number of hydrogen-bond acceptors (Lipinski definition) is 3. The minimum Gasteiger partial charge on any atom is -0.335 e. The van der Waals surface area contributed by atoms with E-state index in [0.717, 1.165) is 10.0 Å². The number of likely N-dealkylation sites (N-methyl/N-ethyl adjacent to an activating group) is 2. The number of benzene rings is 2. The fourth-order valence-electron chi connectivity index (χ4n) is 2.50. The standard InChI is InChI=1S/C20H23BrFN3O2/c1-14-4-7-17(8-5-14)23-19(26)12-25(3)20(27)13-24(2)11-15-10-16(21)6-9-18(15)22/h4-10H,11-13H2,1-3H3,(H,23,26). The number of nitrogens with zero attached hydrogens (tertiary/aromatic N) is 2. The van der Waals surface area contributed by atoms with Crippen LogP contribution in [0.3, 0.4) is 0 Å². The van der Waals surface area contributed by atoms with Gasteiger partial charge in [0.1, 0.15) is 5.82 Å². The van der Waals surface area contributed by atoms with Gasteiger partial charge in [0.2, 0.25) is 11.8 Å². The summed E-state index contributed by atoms with van der Waals surface area (Å²) in [5.74, 6) is -0.800. The summed E-state index contributed by atoms with van der Waals surface area (Å²) in [7, 11) is 3.31. The van der Waals surface area contributed by atoms with Crippen LogP contribution in [0.15, 0.2) is 46.9 Å². The van der Waals surface area contributed by atoms with E-state index in [4.69, 9.17) is 0 Å². The summed E-state index contributed by atoms with van der Waals surface area (Å²) in [5, 5.41) is 2.76. The minimum absolute atomic E-state index is 0.0498. The first-order valence-corrected chi connectivity index (χ1v) is 9.27. The Bertz CT molecular complexity index is 811. The van der Waals surface area contributed by atoms with Gasteiger partial charge in [0.25, 0.3) is 0 Å². The monoisotopic (exact) mass is 435 g/mol. The number of rotatable bonds is 7. The molecule has 0 atom stereocenters. The van der Waals surface area contributed by atoms with E-state index in [1.165, 1.54) is 11.0 Å². The van der Waals surface area contributed by atoms with E-state index in [-0.39, 0.29) is 30.7 Å². The third kappa shape index (κ3) is 6.77. The zero-order valence-corrected chi connectivity index (χ0v) is 17.2. The number of nitrogens with one attached hydrogen (secondary N) is 1. The Labute approximate surface area is 167 Å². The second kappa shape index (κ2) is 9.62. The number of anilines is 1. The van der Waals surface area contributed by atoms with E-state index >= 15 is 0 Å². The van der Waals surface area contributed by atoms with Crippen molar-refractivity contribution in [3.8, 4) is 0 Å². The second-order valence-electron chi connectivity index (χ2n) is 6.57. The van der Waals surface area contributed by atoms with E-state index < -0.39 is 0 Å². The molecular weight excluding hydrogens is 413 g/mol. The summed E-state index contributed by atoms with van der Waals surface area (Å²) in [4.78, 5) is 27.5. The lowest BCUT2D eigenvalue weighted by Gasteiger charge is -2.22. The number of halogens is 2. The molecule has 0 aliphatic rings. The Balaban J connectivity index is 1.84. The van der Waals surface area contributed by atoms with Crippen molar-refractivity contribution < 1.29 is 14.0 Å². The van der Waals surface area contributed by atoms with Gasteiger partial charge in [-0.15, -0.1) is 0 Å². The quantitative estimate of drug-likeness (QED) is 0.724. The van der Waals surface area contributed by atoms with Crippen LogP contribution in [-0.4, -0.2) is 48.8 Å². The lowest BCUT2D eigenvalue weighted by molar-refractivity contribution is -0.134. The molecule has 0 saturated carbocycles. The van der Waals surface area contributed by atoms with Crippen molar-refractivity contribution in [1.82, 2.24) is 9.80 Å². The number of hydrogen-bond donors (Lipinski definition) is 1. The van der Waals surface area contributed by atoms with Crippen LogP contribution in [0.25, 0.3) is 0 Å². The Hall–Kier alpha value is -2.25. The second-order valence-corrected chi connectivity index (χ2v) is 7.49. The summed E-state index contributed by atoms with van der Waals surface area (Å²) in [5.41, 5.74) is 2.29. The summed E-state index contributed by atoms with van der Waals surface area (Å²) >= 11 is 3.31. The van der Waals surface area contributed by atoms with Crippen molar-refractivity contribution >= 4 is 33.4 Å². The number of aryl methyl sites for hydroxylation is 1. The molecular formula is C20H23BrFN3O2. The summed E-state index contributed by atoms with van der Waals surface area (Å²) in [6, 6.07) is 12.1. The predicted molar refractivity (Wildman–Crippen MR) is 108 cm³/mol. The van der Waals surface area contributed by atoms with Crippen molar-refractivity contribution in [3.05, 3.63) is 63.9 Å². The average Bonchev–Trinajstić information content (AvgIpc) is 2.60. The molecule has 7 heteroatoms. The third-order valence-corrected chi connectivity index (χ3v) is 4.49. The van der Waals surface area contributed by atoms with Crippen molar-refractivity contribution in [2.75, 3.05) is 32.5 Å². The molecule has 0 bridgehead atoms. The fraction of sp³-hybridized carbons (Fsp3) is 0.300. The van der Waals surface area contributed by atoms with Gasteiger partial charge in [-0.3, -0.25) is 14.5 Å². The Morgan fingerprint density at radius 1 is 1.07 bits per heavy atom. The Morgan fingerprint density at radius 2 is 1.74 bits per heavy atom. The summed E-state index contributed by atoms with van der Waals surface area (Å²) in [6.45, 7) is 2.29. The number of carbonyl (C=O) groups excluding carboxylic acids is 2. The van der Waals surface area contributed by atoms with Gasteiger partial charge in [-0.2, -0.15) is 0 Å². The van der Waals surface area contributed by atoms with E-state index in [1.54, 1.807) is 31.1 Å². The van der Waals surface area contributed by atoms with E-state index in [0.29, 0.717) is 17.8 Å². The molecule has 0 spiro atoms. The molecule has 5 nitrogen and oxygen atoms in total. The van der Waals surface area contributed by atoms with Gasteiger partial charge < -0.3 is 10.2 Å². The van der Waals surface area contributed by atoms with Gasteiger partial charge in [0.05, 0.1) is 13.1 Å². The summed E-state index contributed by atoms with van der Waals surface area (Å²) in [6.07, 6.45) is 0. The van der Waals surface area contributed by atoms with Gasteiger partial charge in [-0.05, 0) is 44.3 Å². The zero-order valence-electron chi connectivity index (χ0n) is 15.6. The molecule has 0 aliphatic carbocycles. The van der Waals surface area contributed by atoms with Crippen molar-refractivity contribution in [2.45, 2.75) is 13.5 Å².